The fraction of sp³-hybridized carbons (Fsp3) is 0. The summed E-state index contributed by atoms with van der Waals surface area (Å²) in [4.78, 5) is 12.0. The molecule has 0 saturated carbocycles. The lowest BCUT2D eigenvalue weighted by molar-refractivity contribution is 0.102. The maximum absolute atomic E-state index is 13.0. The molecule has 0 bridgehead atoms. The van der Waals surface area contributed by atoms with E-state index in [-0.39, 0.29) is 21.2 Å². The van der Waals surface area contributed by atoms with Gasteiger partial charge in [-0.3, -0.25) is 4.79 Å². The molecule has 0 aliphatic rings. The molecule has 0 atom stereocenters. The molecular formula is C13H8ClF2NOS. The molecule has 2 aromatic rings. The average molecular weight is 300 g/mol. The Balaban J connectivity index is 2.23. The van der Waals surface area contributed by atoms with Crippen molar-refractivity contribution in [1.29, 1.82) is 0 Å². The van der Waals surface area contributed by atoms with Gasteiger partial charge in [-0.15, -0.1) is 12.6 Å². The molecule has 19 heavy (non-hydrogen) atoms. The third-order valence-electron chi connectivity index (χ3n) is 2.39. The van der Waals surface area contributed by atoms with E-state index in [2.05, 4.69) is 17.9 Å². The van der Waals surface area contributed by atoms with Gasteiger partial charge in [0, 0.05) is 10.5 Å². The van der Waals surface area contributed by atoms with Crippen LogP contribution in [-0.2, 0) is 0 Å². The fourth-order valence-electron chi connectivity index (χ4n) is 1.44. The standard InChI is InChI=1S/C13H8ClF2NOS/c14-9-6-8(15)2-4-11(9)17-13(18)7-1-3-10(16)12(19)5-7/h1-6,19H,(H,17,18). The summed E-state index contributed by atoms with van der Waals surface area (Å²) in [7, 11) is 0. The topological polar surface area (TPSA) is 29.1 Å². The maximum Gasteiger partial charge on any atom is 0.255 e. The third-order valence-corrected chi connectivity index (χ3v) is 3.04. The largest absolute Gasteiger partial charge is 0.321 e. The molecule has 0 spiro atoms. The van der Waals surface area contributed by atoms with Gasteiger partial charge in [-0.25, -0.2) is 8.78 Å². The summed E-state index contributed by atoms with van der Waals surface area (Å²) in [6.07, 6.45) is 0. The number of halogens is 3. The predicted molar refractivity (Wildman–Crippen MR) is 73.0 cm³/mol. The number of benzene rings is 2. The summed E-state index contributed by atoms with van der Waals surface area (Å²) < 4.78 is 25.9. The number of amides is 1. The number of nitrogens with one attached hydrogen (secondary N) is 1. The van der Waals surface area contributed by atoms with Crippen LogP contribution in [0, 0.1) is 11.6 Å². The van der Waals surface area contributed by atoms with E-state index < -0.39 is 17.5 Å². The highest BCUT2D eigenvalue weighted by Gasteiger charge is 2.10. The summed E-state index contributed by atoms with van der Waals surface area (Å²) in [5.41, 5.74) is 0.505. The molecule has 1 amide bonds. The van der Waals surface area contributed by atoms with Gasteiger partial charge in [0.25, 0.3) is 5.91 Å². The molecule has 0 aliphatic heterocycles. The second-order valence-corrected chi connectivity index (χ2v) is 4.63. The Hall–Kier alpha value is -1.59. The number of rotatable bonds is 2. The smallest absolute Gasteiger partial charge is 0.255 e. The average Bonchev–Trinajstić information content (AvgIpc) is 2.36. The molecule has 1 N–H and O–H groups in total. The van der Waals surface area contributed by atoms with Crippen LogP contribution in [0.15, 0.2) is 41.3 Å². The first kappa shape index (κ1) is 13.8. The monoisotopic (exact) mass is 299 g/mol. The molecule has 0 radical (unpaired) electrons. The van der Waals surface area contributed by atoms with Crippen molar-refractivity contribution < 1.29 is 13.6 Å². The fourth-order valence-corrected chi connectivity index (χ4v) is 1.87. The van der Waals surface area contributed by atoms with Crippen LogP contribution in [0.25, 0.3) is 0 Å². The highest BCUT2D eigenvalue weighted by Crippen LogP contribution is 2.23. The van der Waals surface area contributed by atoms with Gasteiger partial charge in [0.2, 0.25) is 0 Å². The SMILES string of the molecule is O=C(Nc1ccc(F)cc1Cl)c1ccc(F)c(S)c1. The van der Waals surface area contributed by atoms with E-state index in [1.165, 1.54) is 24.3 Å². The van der Waals surface area contributed by atoms with Gasteiger partial charge in [0.15, 0.2) is 0 Å². The number of carbonyl (C=O) groups excluding carboxylic acids is 1. The first-order valence-corrected chi connectivity index (χ1v) is 6.05. The summed E-state index contributed by atoms with van der Waals surface area (Å²) in [6, 6.07) is 7.37. The Labute approximate surface area is 118 Å². The Morgan fingerprint density at radius 1 is 1.16 bits per heavy atom. The predicted octanol–water partition coefficient (Wildman–Crippen LogP) is 4.16. The second kappa shape index (κ2) is 5.59. The van der Waals surface area contributed by atoms with Crippen LogP contribution < -0.4 is 5.32 Å². The van der Waals surface area contributed by atoms with Crippen LogP contribution in [0.4, 0.5) is 14.5 Å². The lowest BCUT2D eigenvalue weighted by atomic mass is 10.2. The van der Waals surface area contributed by atoms with E-state index in [4.69, 9.17) is 11.6 Å². The summed E-state index contributed by atoms with van der Waals surface area (Å²) in [6.45, 7) is 0. The third kappa shape index (κ3) is 3.24. The van der Waals surface area contributed by atoms with Crippen LogP contribution in [0.3, 0.4) is 0 Å². The van der Waals surface area contributed by atoms with Crippen LogP contribution >= 0.6 is 24.2 Å². The van der Waals surface area contributed by atoms with Crippen molar-refractivity contribution in [1.82, 2.24) is 0 Å². The zero-order valence-corrected chi connectivity index (χ0v) is 11.1. The maximum atomic E-state index is 13.0. The minimum absolute atomic E-state index is 0.0675. The van der Waals surface area contributed by atoms with Gasteiger partial charge < -0.3 is 5.32 Å². The normalized spacial score (nSPS) is 10.3. The van der Waals surface area contributed by atoms with Crippen molar-refractivity contribution >= 4 is 35.8 Å². The highest BCUT2D eigenvalue weighted by atomic mass is 35.5. The van der Waals surface area contributed by atoms with Crippen molar-refractivity contribution in [3.8, 4) is 0 Å². The Bertz CT molecular complexity index is 649. The number of carbonyl (C=O) groups is 1. The Kier molecular flexibility index (Phi) is 4.07. The molecule has 98 valence electrons. The van der Waals surface area contributed by atoms with Crippen molar-refractivity contribution in [3.63, 3.8) is 0 Å². The molecule has 0 heterocycles. The van der Waals surface area contributed by atoms with Crippen molar-refractivity contribution in [2.75, 3.05) is 5.32 Å². The molecule has 0 fully saturated rings. The molecule has 0 aromatic heterocycles. The van der Waals surface area contributed by atoms with E-state index >= 15 is 0 Å². The molecule has 2 nitrogen and oxygen atoms in total. The van der Waals surface area contributed by atoms with Gasteiger partial charge in [0.1, 0.15) is 11.6 Å². The minimum Gasteiger partial charge on any atom is -0.321 e. The van der Waals surface area contributed by atoms with Crippen LogP contribution in [-0.4, -0.2) is 5.91 Å². The molecule has 0 unspecified atom stereocenters. The molecule has 0 aliphatic carbocycles. The molecule has 6 heteroatoms. The lowest BCUT2D eigenvalue weighted by Crippen LogP contribution is -2.12. The Morgan fingerprint density at radius 3 is 2.53 bits per heavy atom. The van der Waals surface area contributed by atoms with E-state index in [0.717, 1.165) is 12.1 Å². The van der Waals surface area contributed by atoms with E-state index in [0.29, 0.717) is 0 Å². The lowest BCUT2D eigenvalue weighted by Gasteiger charge is -2.08. The number of anilines is 1. The van der Waals surface area contributed by atoms with Gasteiger partial charge in [-0.05, 0) is 36.4 Å². The Morgan fingerprint density at radius 2 is 1.89 bits per heavy atom. The number of hydrogen-bond acceptors (Lipinski definition) is 2. The first-order valence-electron chi connectivity index (χ1n) is 5.22. The zero-order chi connectivity index (χ0) is 14.0. The van der Waals surface area contributed by atoms with Gasteiger partial charge in [-0.2, -0.15) is 0 Å². The summed E-state index contributed by atoms with van der Waals surface area (Å²) in [5, 5.41) is 2.59. The quantitative estimate of drug-likeness (QED) is 0.801. The number of thiol groups is 1. The van der Waals surface area contributed by atoms with Crippen molar-refractivity contribution in [2.24, 2.45) is 0 Å². The number of hydrogen-bond donors (Lipinski definition) is 2. The summed E-state index contributed by atoms with van der Waals surface area (Å²) >= 11 is 9.68. The van der Waals surface area contributed by atoms with Crippen molar-refractivity contribution in [2.45, 2.75) is 4.90 Å². The second-order valence-electron chi connectivity index (χ2n) is 3.74. The molecule has 0 saturated heterocycles. The first-order chi connectivity index (χ1) is 8.97. The van der Waals surface area contributed by atoms with Gasteiger partial charge >= 0.3 is 0 Å². The molecule has 2 rings (SSSR count). The molecular weight excluding hydrogens is 292 g/mol. The van der Waals surface area contributed by atoms with Crippen LogP contribution in [0.2, 0.25) is 5.02 Å². The minimum atomic E-state index is -0.514. The van der Waals surface area contributed by atoms with Gasteiger partial charge in [-0.1, -0.05) is 11.6 Å². The van der Waals surface area contributed by atoms with Crippen LogP contribution in [0.5, 0.6) is 0 Å². The zero-order valence-electron chi connectivity index (χ0n) is 9.45. The van der Waals surface area contributed by atoms with E-state index in [1.807, 2.05) is 0 Å². The van der Waals surface area contributed by atoms with Crippen LogP contribution in [0.1, 0.15) is 10.4 Å². The van der Waals surface area contributed by atoms with Gasteiger partial charge in [0.05, 0.1) is 10.7 Å². The highest BCUT2D eigenvalue weighted by molar-refractivity contribution is 7.80. The van der Waals surface area contributed by atoms with E-state index in [1.54, 1.807) is 0 Å². The summed E-state index contributed by atoms with van der Waals surface area (Å²) in [5.74, 6) is -1.49. The van der Waals surface area contributed by atoms with Crippen molar-refractivity contribution in [3.05, 3.63) is 58.6 Å². The van der Waals surface area contributed by atoms with E-state index in [9.17, 15) is 13.6 Å². The molecule has 2 aromatic carbocycles.